The van der Waals surface area contributed by atoms with Crippen LogP contribution in [0.1, 0.15) is 18.9 Å². The van der Waals surface area contributed by atoms with E-state index in [0.717, 1.165) is 25.1 Å². The van der Waals surface area contributed by atoms with Gasteiger partial charge in [-0.3, -0.25) is 19.6 Å². The number of nitrogens with one attached hydrogen (secondary N) is 2. The summed E-state index contributed by atoms with van der Waals surface area (Å²) in [5.41, 5.74) is 3.13. The molecule has 25 heavy (non-hydrogen) atoms. The van der Waals surface area contributed by atoms with Crippen molar-refractivity contribution in [2.75, 3.05) is 32.8 Å². The molecule has 1 aliphatic heterocycles. The Morgan fingerprint density at radius 1 is 1.28 bits per heavy atom. The first-order valence-electron chi connectivity index (χ1n) is 8.20. The molecule has 9 heteroatoms. The first-order chi connectivity index (χ1) is 12.2. The van der Waals surface area contributed by atoms with Crippen molar-refractivity contribution < 1.29 is 19.3 Å². The maximum absolute atomic E-state index is 11.9. The van der Waals surface area contributed by atoms with Crippen molar-refractivity contribution in [2.45, 2.75) is 20.0 Å². The largest absolute Gasteiger partial charge is 0.343 e. The lowest BCUT2D eigenvalue weighted by atomic mass is 10.2. The Morgan fingerprint density at radius 3 is 2.68 bits per heavy atom. The van der Waals surface area contributed by atoms with E-state index in [1.807, 2.05) is 37.3 Å². The van der Waals surface area contributed by atoms with Gasteiger partial charge in [0.2, 0.25) is 6.41 Å². The Bertz CT molecular complexity index is 492. The summed E-state index contributed by atoms with van der Waals surface area (Å²) in [5, 5.41) is 4.23. The molecule has 1 heterocycles. The molecule has 2 rings (SSSR count). The highest BCUT2D eigenvalue weighted by Crippen LogP contribution is 2.11. The van der Waals surface area contributed by atoms with Gasteiger partial charge in [-0.2, -0.15) is 0 Å². The third kappa shape index (κ3) is 8.79. The highest BCUT2D eigenvalue weighted by atomic mass is 31.0. The molecule has 0 spiro atoms. The SMILES string of the molecule is CCN1CCCN(OCc2ccccc2)C1=O.O=CNOCCNP. The van der Waals surface area contributed by atoms with E-state index in [2.05, 4.69) is 24.8 Å². The summed E-state index contributed by atoms with van der Waals surface area (Å²) < 4.78 is 0. The molecule has 3 amide bonds. The van der Waals surface area contributed by atoms with E-state index in [1.165, 1.54) is 5.06 Å². The molecule has 0 radical (unpaired) electrons. The number of benzene rings is 1. The Labute approximate surface area is 151 Å². The number of carbonyl (C=O) groups is 2. The fourth-order valence-electron chi connectivity index (χ4n) is 2.10. The highest BCUT2D eigenvalue weighted by Gasteiger charge is 2.24. The van der Waals surface area contributed by atoms with Crippen molar-refractivity contribution >= 4 is 21.8 Å². The van der Waals surface area contributed by atoms with Gasteiger partial charge in [0, 0.05) is 19.6 Å². The van der Waals surface area contributed by atoms with E-state index < -0.39 is 0 Å². The molecule has 140 valence electrons. The lowest BCUT2D eigenvalue weighted by Crippen LogP contribution is -2.48. The van der Waals surface area contributed by atoms with E-state index in [1.54, 1.807) is 4.90 Å². The van der Waals surface area contributed by atoms with Crippen molar-refractivity contribution in [3.05, 3.63) is 35.9 Å². The second-order valence-electron chi connectivity index (χ2n) is 5.12. The number of urea groups is 1. The van der Waals surface area contributed by atoms with Crippen LogP contribution in [0.2, 0.25) is 0 Å². The van der Waals surface area contributed by atoms with Crippen molar-refractivity contribution in [1.82, 2.24) is 20.5 Å². The normalized spacial score (nSPS) is 13.9. The molecule has 0 aromatic heterocycles. The molecule has 1 aromatic carbocycles. The van der Waals surface area contributed by atoms with Crippen LogP contribution in [0.15, 0.2) is 30.3 Å². The van der Waals surface area contributed by atoms with Crippen LogP contribution in [-0.4, -0.2) is 55.2 Å². The van der Waals surface area contributed by atoms with Crippen molar-refractivity contribution in [1.29, 1.82) is 0 Å². The average molecular weight is 370 g/mol. The molecule has 0 bridgehead atoms. The topological polar surface area (TPSA) is 83.1 Å². The lowest BCUT2D eigenvalue weighted by Gasteiger charge is -2.33. The van der Waals surface area contributed by atoms with E-state index in [9.17, 15) is 9.59 Å². The zero-order chi connectivity index (χ0) is 18.3. The molecule has 1 unspecified atom stereocenters. The Balaban J connectivity index is 0.000000333. The molecule has 1 saturated heterocycles. The van der Waals surface area contributed by atoms with Gasteiger partial charge in [0.25, 0.3) is 0 Å². The van der Waals surface area contributed by atoms with Gasteiger partial charge in [-0.05, 0) is 18.9 Å². The first kappa shape index (κ1) is 21.3. The van der Waals surface area contributed by atoms with Crippen LogP contribution in [0.25, 0.3) is 0 Å². The van der Waals surface area contributed by atoms with Gasteiger partial charge in [0.1, 0.15) is 6.61 Å². The van der Waals surface area contributed by atoms with Gasteiger partial charge in [-0.1, -0.05) is 39.7 Å². The summed E-state index contributed by atoms with van der Waals surface area (Å²) in [4.78, 5) is 33.3. The van der Waals surface area contributed by atoms with E-state index >= 15 is 0 Å². The Morgan fingerprint density at radius 2 is 2.04 bits per heavy atom. The number of hydrogen-bond acceptors (Lipinski definition) is 5. The van der Waals surface area contributed by atoms with E-state index in [-0.39, 0.29) is 6.03 Å². The zero-order valence-corrected chi connectivity index (χ0v) is 15.7. The fourth-order valence-corrected chi connectivity index (χ4v) is 2.21. The van der Waals surface area contributed by atoms with Gasteiger partial charge in [0.05, 0.1) is 13.2 Å². The number of nitrogens with zero attached hydrogens (tertiary/aromatic N) is 2. The quantitative estimate of drug-likeness (QED) is 0.296. The predicted molar refractivity (Wildman–Crippen MR) is 98.1 cm³/mol. The molecular formula is C16H27N4O4P. The highest BCUT2D eigenvalue weighted by molar-refractivity contribution is 7.13. The summed E-state index contributed by atoms with van der Waals surface area (Å²) in [6.45, 7) is 5.86. The molecule has 1 fully saturated rings. The number of hydroxylamine groups is 3. The minimum atomic E-state index is -0.0188. The maximum atomic E-state index is 11.9. The maximum Gasteiger partial charge on any atom is 0.343 e. The van der Waals surface area contributed by atoms with Crippen LogP contribution < -0.4 is 10.6 Å². The zero-order valence-electron chi connectivity index (χ0n) is 14.5. The second-order valence-corrected chi connectivity index (χ2v) is 5.52. The smallest absolute Gasteiger partial charge is 0.323 e. The molecule has 1 atom stereocenters. The third-order valence-electron chi connectivity index (χ3n) is 3.36. The lowest BCUT2D eigenvalue weighted by molar-refractivity contribution is -0.145. The van der Waals surface area contributed by atoms with Gasteiger partial charge in [0.15, 0.2) is 0 Å². The third-order valence-corrected chi connectivity index (χ3v) is 3.65. The number of amides is 3. The van der Waals surface area contributed by atoms with Crippen LogP contribution in [-0.2, 0) is 21.1 Å². The molecular weight excluding hydrogens is 343 g/mol. The van der Waals surface area contributed by atoms with Crippen LogP contribution in [0.4, 0.5) is 4.79 Å². The van der Waals surface area contributed by atoms with Gasteiger partial charge >= 0.3 is 6.03 Å². The van der Waals surface area contributed by atoms with E-state index in [4.69, 9.17) is 4.84 Å². The van der Waals surface area contributed by atoms with Crippen molar-refractivity contribution in [3.63, 3.8) is 0 Å². The summed E-state index contributed by atoms with van der Waals surface area (Å²) in [6, 6.07) is 9.87. The molecule has 1 aromatic rings. The first-order valence-corrected chi connectivity index (χ1v) is 8.78. The van der Waals surface area contributed by atoms with Crippen molar-refractivity contribution in [2.24, 2.45) is 0 Å². The van der Waals surface area contributed by atoms with Crippen LogP contribution in [0.5, 0.6) is 0 Å². The fraction of sp³-hybridized carbons (Fsp3) is 0.500. The molecule has 0 aliphatic carbocycles. The van der Waals surface area contributed by atoms with Crippen LogP contribution in [0.3, 0.4) is 0 Å². The summed E-state index contributed by atoms with van der Waals surface area (Å²) in [5.74, 6) is 0. The summed E-state index contributed by atoms with van der Waals surface area (Å²) >= 11 is 0. The minimum absolute atomic E-state index is 0.0188. The monoisotopic (exact) mass is 370 g/mol. The van der Waals surface area contributed by atoms with Gasteiger partial charge in [-0.25, -0.2) is 15.3 Å². The second kappa shape index (κ2) is 13.5. The van der Waals surface area contributed by atoms with Gasteiger partial charge in [-0.15, -0.1) is 0 Å². The Kier molecular flexibility index (Phi) is 11.6. The number of carbonyl (C=O) groups excluding carboxylic acids is 2. The van der Waals surface area contributed by atoms with Crippen LogP contribution in [0, 0.1) is 0 Å². The van der Waals surface area contributed by atoms with E-state index in [0.29, 0.717) is 32.7 Å². The van der Waals surface area contributed by atoms with Gasteiger partial charge < -0.3 is 4.90 Å². The van der Waals surface area contributed by atoms with Crippen molar-refractivity contribution in [3.8, 4) is 0 Å². The molecule has 1 aliphatic rings. The molecule has 2 N–H and O–H groups in total. The minimum Gasteiger partial charge on any atom is -0.323 e. The predicted octanol–water partition coefficient (Wildman–Crippen LogP) is 1.31. The standard InChI is InChI=1S/C13H18N2O2.C3H9N2O2P/c1-2-14-9-6-10-15(13(14)16)17-11-12-7-4-3-5-8-12;6-3-4-7-2-1-5-8/h3-5,7-8H,2,6,9-11H2,1H3;3,5H,1-2,8H2,(H,4,6). The average Bonchev–Trinajstić information content (AvgIpc) is 2.66. The molecule has 0 saturated carbocycles. The van der Waals surface area contributed by atoms with Crippen LogP contribution >= 0.6 is 9.39 Å². The molecule has 8 nitrogen and oxygen atoms in total. The summed E-state index contributed by atoms with van der Waals surface area (Å²) in [7, 11) is 2.32. The number of hydrogen-bond donors (Lipinski definition) is 2. The summed E-state index contributed by atoms with van der Waals surface area (Å²) in [6.07, 6.45) is 1.46. The Hall–Kier alpha value is -1.73. The number of rotatable bonds is 9.